The molecule has 0 fully saturated rings. The summed E-state index contributed by atoms with van der Waals surface area (Å²) in [5, 5.41) is 19.2. The fourth-order valence-corrected chi connectivity index (χ4v) is 2.65. The molecule has 17 heavy (non-hydrogen) atoms. The molecule has 4 nitrogen and oxygen atoms in total. The minimum Gasteiger partial charge on any atom is -0.494 e. The zero-order chi connectivity index (χ0) is 11.8. The second-order valence-corrected chi connectivity index (χ2v) is 5.25. The topological polar surface area (TPSA) is 60.7 Å². The summed E-state index contributed by atoms with van der Waals surface area (Å²) in [7, 11) is 0. The van der Waals surface area contributed by atoms with E-state index in [1.165, 1.54) is 11.3 Å². The Morgan fingerprint density at radius 3 is 3.06 bits per heavy atom. The van der Waals surface area contributed by atoms with Crippen molar-refractivity contribution in [3.8, 4) is 5.88 Å². The minimum absolute atomic E-state index is 0.110. The SMILES string of the molecule is Oc1[nH]c(=S)sc1/C=c1\ccc2c(c1)C=NN=2. The first-order valence-electron chi connectivity index (χ1n) is 4.87. The number of nitrogens with zero attached hydrogens (tertiary/aromatic N) is 2. The van der Waals surface area contributed by atoms with Crippen LogP contribution in [-0.4, -0.2) is 16.3 Å². The maximum Gasteiger partial charge on any atom is 0.207 e. The smallest absolute Gasteiger partial charge is 0.207 e. The van der Waals surface area contributed by atoms with E-state index >= 15 is 0 Å². The molecular weight excluding hydrogens is 254 g/mol. The van der Waals surface area contributed by atoms with Crippen molar-refractivity contribution < 1.29 is 5.11 Å². The van der Waals surface area contributed by atoms with Crippen LogP contribution in [0.3, 0.4) is 0 Å². The lowest BCUT2D eigenvalue weighted by Gasteiger charge is -1.90. The Balaban J connectivity index is 2.17. The summed E-state index contributed by atoms with van der Waals surface area (Å²) < 4.78 is 0.562. The molecule has 1 aliphatic rings. The average molecular weight is 261 g/mol. The third-order valence-electron chi connectivity index (χ3n) is 2.37. The van der Waals surface area contributed by atoms with Crippen molar-refractivity contribution in [3.05, 3.63) is 43.2 Å². The van der Waals surface area contributed by atoms with Crippen molar-refractivity contribution >= 4 is 35.8 Å². The van der Waals surface area contributed by atoms with Gasteiger partial charge >= 0.3 is 0 Å². The number of rotatable bonds is 1. The summed E-state index contributed by atoms with van der Waals surface area (Å²) in [5.41, 5.74) is 0.984. The molecule has 0 unspecified atom stereocenters. The van der Waals surface area contributed by atoms with E-state index in [1.807, 2.05) is 24.3 Å². The highest BCUT2D eigenvalue weighted by Crippen LogP contribution is 2.21. The van der Waals surface area contributed by atoms with E-state index in [0.717, 1.165) is 21.0 Å². The number of H-pyrrole nitrogens is 1. The maximum atomic E-state index is 9.60. The second kappa shape index (κ2) is 3.90. The number of benzene rings is 1. The van der Waals surface area contributed by atoms with Crippen LogP contribution in [0.4, 0.5) is 0 Å². The molecule has 0 bridgehead atoms. The molecular formula is C11H7N3OS2. The van der Waals surface area contributed by atoms with Gasteiger partial charge in [-0.1, -0.05) is 6.07 Å². The normalized spacial score (nSPS) is 13.8. The lowest BCUT2D eigenvalue weighted by Crippen LogP contribution is -2.11. The Labute approximate surface area is 105 Å². The minimum atomic E-state index is 0.110. The van der Waals surface area contributed by atoms with Gasteiger partial charge in [0.25, 0.3) is 0 Å². The summed E-state index contributed by atoms with van der Waals surface area (Å²) in [6.07, 6.45) is 3.59. The van der Waals surface area contributed by atoms with E-state index in [0.29, 0.717) is 3.95 Å². The van der Waals surface area contributed by atoms with Gasteiger partial charge in [-0.15, -0.1) is 11.3 Å². The van der Waals surface area contributed by atoms with Crippen molar-refractivity contribution in [1.82, 2.24) is 4.98 Å². The van der Waals surface area contributed by atoms with Crippen LogP contribution in [0.5, 0.6) is 5.88 Å². The van der Waals surface area contributed by atoms with Crippen molar-refractivity contribution in [2.24, 2.45) is 10.2 Å². The molecule has 0 atom stereocenters. The van der Waals surface area contributed by atoms with E-state index in [2.05, 4.69) is 15.2 Å². The first-order valence-corrected chi connectivity index (χ1v) is 6.10. The van der Waals surface area contributed by atoms with Crippen molar-refractivity contribution in [2.75, 3.05) is 0 Å². The van der Waals surface area contributed by atoms with Crippen LogP contribution in [0.1, 0.15) is 10.4 Å². The van der Waals surface area contributed by atoms with Gasteiger partial charge in [0.2, 0.25) is 5.88 Å². The molecule has 0 radical (unpaired) electrons. The number of aromatic nitrogens is 1. The molecule has 6 heteroatoms. The zero-order valence-electron chi connectivity index (χ0n) is 8.54. The number of hydrogen-bond acceptors (Lipinski definition) is 5. The van der Waals surface area contributed by atoms with Crippen LogP contribution >= 0.6 is 23.6 Å². The molecule has 2 aromatic rings. The highest BCUT2D eigenvalue weighted by molar-refractivity contribution is 7.73. The van der Waals surface area contributed by atoms with Gasteiger partial charge in [0.05, 0.1) is 16.4 Å². The van der Waals surface area contributed by atoms with E-state index in [4.69, 9.17) is 12.2 Å². The fraction of sp³-hybridized carbons (Fsp3) is 0. The third-order valence-corrected chi connectivity index (χ3v) is 3.54. The van der Waals surface area contributed by atoms with Crippen LogP contribution in [0, 0.1) is 3.95 Å². The number of thiazole rings is 1. The van der Waals surface area contributed by atoms with Crippen molar-refractivity contribution in [2.45, 2.75) is 0 Å². The third kappa shape index (κ3) is 1.92. The van der Waals surface area contributed by atoms with E-state index < -0.39 is 0 Å². The molecule has 3 rings (SSSR count). The number of nitrogens with one attached hydrogen (secondary N) is 1. The first-order chi connectivity index (χ1) is 8.22. The number of hydrogen-bond donors (Lipinski definition) is 2. The van der Waals surface area contributed by atoms with Gasteiger partial charge in [0.15, 0.2) is 3.95 Å². The standard InChI is InChI=1S/C11H7N3OS2/c15-10-9(17-11(16)13-10)4-6-1-2-8-7(3-6)5-12-14-8/h1-5,15H,(H,13,16)/b6-4+. The van der Waals surface area contributed by atoms with Crippen LogP contribution in [0.2, 0.25) is 0 Å². The van der Waals surface area contributed by atoms with E-state index in [-0.39, 0.29) is 5.88 Å². The lowest BCUT2D eigenvalue weighted by molar-refractivity contribution is 0.456. The van der Waals surface area contributed by atoms with Gasteiger partial charge in [0, 0.05) is 5.56 Å². The molecule has 84 valence electrons. The van der Waals surface area contributed by atoms with Gasteiger partial charge in [0.1, 0.15) is 0 Å². The molecule has 2 heterocycles. The average Bonchev–Trinajstić information content (AvgIpc) is 2.85. The number of aromatic hydroxyl groups is 1. The zero-order valence-corrected chi connectivity index (χ0v) is 10.2. The molecule has 1 aromatic carbocycles. The Hall–Kier alpha value is -1.79. The second-order valence-electron chi connectivity index (χ2n) is 3.53. The largest absolute Gasteiger partial charge is 0.494 e. The van der Waals surface area contributed by atoms with Gasteiger partial charge < -0.3 is 10.1 Å². The van der Waals surface area contributed by atoms with Gasteiger partial charge in [-0.25, -0.2) is 0 Å². The van der Waals surface area contributed by atoms with Crippen LogP contribution in [-0.2, 0) is 0 Å². The van der Waals surface area contributed by atoms with Crippen LogP contribution in [0.15, 0.2) is 28.4 Å². The van der Waals surface area contributed by atoms with Gasteiger partial charge in [-0.05, 0) is 35.6 Å². The summed E-state index contributed by atoms with van der Waals surface area (Å²) >= 11 is 6.30. The fourth-order valence-electron chi connectivity index (χ4n) is 1.59. The van der Waals surface area contributed by atoms with Crippen molar-refractivity contribution in [3.63, 3.8) is 0 Å². The summed E-state index contributed by atoms with van der Waals surface area (Å²) in [6.45, 7) is 0. The van der Waals surface area contributed by atoms with Crippen LogP contribution in [0.25, 0.3) is 6.08 Å². The summed E-state index contributed by atoms with van der Waals surface area (Å²) in [4.78, 5) is 3.42. The van der Waals surface area contributed by atoms with Gasteiger partial charge in [-0.3, -0.25) is 0 Å². The number of fused-ring (bicyclic) bond motifs is 1. The van der Waals surface area contributed by atoms with E-state index in [1.54, 1.807) is 6.21 Å². The Bertz CT molecular complexity index is 786. The molecule has 0 spiro atoms. The van der Waals surface area contributed by atoms with Crippen LogP contribution < -0.4 is 10.6 Å². The first kappa shape index (κ1) is 10.4. The highest BCUT2D eigenvalue weighted by Gasteiger charge is 2.02. The molecule has 1 aromatic heterocycles. The highest BCUT2D eigenvalue weighted by atomic mass is 32.1. The Morgan fingerprint density at radius 2 is 2.29 bits per heavy atom. The number of aromatic amines is 1. The summed E-state index contributed by atoms with van der Waals surface area (Å²) in [5.74, 6) is 0.110. The van der Waals surface area contributed by atoms with Crippen molar-refractivity contribution in [1.29, 1.82) is 0 Å². The Morgan fingerprint density at radius 1 is 1.41 bits per heavy atom. The monoisotopic (exact) mass is 261 g/mol. The predicted octanol–water partition coefficient (Wildman–Crippen LogP) is 1.31. The van der Waals surface area contributed by atoms with Gasteiger partial charge in [-0.2, -0.15) is 10.2 Å². The molecule has 0 saturated heterocycles. The molecule has 0 amide bonds. The predicted molar refractivity (Wildman–Crippen MR) is 69.6 cm³/mol. The molecule has 2 N–H and O–H groups in total. The Kier molecular flexibility index (Phi) is 2.38. The lowest BCUT2D eigenvalue weighted by atomic mass is 10.2. The molecule has 1 aliphatic heterocycles. The molecule has 0 saturated carbocycles. The summed E-state index contributed by atoms with van der Waals surface area (Å²) in [6, 6.07) is 5.80. The molecule has 0 aliphatic carbocycles. The quantitative estimate of drug-likeness (QED) is 0.760. The van der Waals surface area contributed by atoms with E-state index in [9.17, 15) is 5.11 Å². The maximum absolute atomic E-state index is 9.60.